The van der Waals surface area contributed by atoms with Crippen molar-refractivity contribution >= 4 is 30.1 Å². The van der Waals surface area contributed by atoms with Crippen molar-refractivity contribution in [2.75, 3.05) is 0 Å². The number of nitrogens with zero attached hydrogens (tertiary/aromatic N) is 1. The van der Waals surface area contributed by atoms with Crippen molar-refractivity contribution in [2.45, 2.75) is 0 Å². The van der Waals surface area contributed by atoms with Gasteiger partial charge in [0.2, 0.25) is 0 Å². The van der Waals surface area contributed by atoms with Crippen LogP contribution in [0.2, 0.25) is 0 Å². The number of benzene rings is 2. The molecule has 17 heavy (non-hydrogen) atoms. The summed E-state index contributed by atoms with van der Waals surface area (Å²) in [5.41, 5.74) is 7.62. The molecule has 0 aliphatic carbocycles. The molecule has 0 saturated carbocycles. The van der Waals surface area contributed by atoms with Crippen LogP contribution in [0, 0.1) is 0 Å². The Morgan fingerprint density at radius 1 is 0.941 bits per heavy atom. The fraction of sp³-hybridized carbons (Fsp3) is 0. The standard InChI is InChI=1S/C13H13N3S/c14-13(15-11-7-3-1-4-8-11)16(17)12-9-5-2-6-10-12/h1-10,16H,(H2,14,15). The van der Waals surface area contributed by atoms with E-state index in [1.807, 2.05) is 60.7 Å². The molecule has 3 nitrogen and oxygen atoms in total. The minimum absolute atomic E-state index is 0.373. The van der Waals surface area contributed by atoms with Gasteiger partial charge in [0.15, 0.2) is 0 Å². The molecule has 2 aromatic rings. The summed E-state index contributed by atoms with van der Waals surface area (Å²) in [6.45, 7) is 0. The SMILES string of the molecule is NC(=Nc1ccccc1)[NH+]([S-])c1ccccc1. The molecule has 0 aromatic heterocycles. The Morgan fingerprint density at radius 3 is 2.06 bits per heavy atom. The van der Waals surface area contributed by atoms with Crippen molar-refractivity contribution in [2.24, 2.45) is 10.7 Å². The molecule has 2 aromatic carbocycles. The first-order valence-corrected chi connectivity index (χ1v) is 5.67. The molecule has 2 rings (SSSR count). The highest BCUT2D eigenvalue weighted by molar-refractivity contribution is 7.51. The second-order valence-electron chi connectivity index (χ2n) is 3.53. The minimum Gasteiger partial charge on any atom is -0.480 e. The summed E-state index contributed by atoms with van der Waals surface area (Å²) in [7, 11) is 0. The fourth-order valence-corrected chi connectivity index (χ4v) is 1.61. The molecule has 4 heteroatoms. The van der Waals surface area contributed by atoms with E-state index in [2.05, 4.69) is 4.99 Å². The van der Waals surface area contributed by atoms with E-state index in [0.29, 0.717) is 10.3 Å². The van der Waals surface area contributed by atoms with E-state index in [1.54, 1.807) is 0 Å². The second-order valence-corrected chi connectivity index (χ2v) is 3.94. The van der Waals surface area contributed by atoms with E-state index in [-0.39, 0.29) is 0 Å². The first kappa shape index (κ1) is 11.7. The first-order valence-electron chi connectivity index (χ1n) is 5.26. The highest BCUT2D eigenvalue weighted by Crippen LogP contribution is 2.08. The number of nitrogens with two attached hydrogens (primary N) is 1. The van der Waals surface area contributed by atoms with Gasteiger partial charge < -0.3 is 22.9 Å². The Bertz CT molecular complexity index is 497. The van der Waals surface area contributed by atoms with Gasteiger partial charge in [-0.05, 0) is 24.3 Å². The fourth-order valence-electron chi connectivity index (χ4n) is 1.43. The summed E-state index contributed by atoms with van der Waals surface area (Å²) in [6.07, 6.45) is 0. The number of aliphatic imine (C=N–C) groups is 1. The lowest BCUT2D eigenvalue weighted by molar-refractivity contribution is -0.559. The zero-order chi connectivity index (χ0) is 12.1. The van der Waals surface area contributed by atoms with E-state index in [0.717, 1.165) is 11.4 Å². The van der Waals surface area contributed by atoms with Crippen molar-refractivity contribution < 1.29 is 4.31 Å². The monoisotopic (exact) mass is 243 g/mol. The Kier molecular flexibility index (Phi) is 3.80. The molecule has 86 valence electrons. The molecule has 0 radical (unpaired) electrons. The van der Waals surface area contributed by atoms with Crippen LogP contribution in [0.1, 0.15) is 0 Å². The average molecular weight is 243 g/mol. The predicted molar refractivity (Wildman–Crippen MR) is 72.2 cm³/mol. The zero-order valence-electron chi connectivity index (χ0n) is 9.21. The predicted octanol–water partition coefficient (Wildman–Crippen LogP) is 1.31. The van der Waals surface area contributed by atoms with Gasteiger partial charge in [-0.15, -0.1) is 0 Å². The number of guanidine groups is 1. The summed E-state index contributed by atoms with van der Waals surface area (Å²) >= 11 is 5.29. The Morgan fingerprint density at radius 2 is 1.47 bits per heavy atom. The Labute approximate surface area is 106 Å². The van der Waals surface area contributed by atoms with Crippen LogP contribution >= 0.6 is 0 Å². The lowest BCUT2D eigenvalue weighted by Gasteiger charge is -2.20. The van der Waals surface area contributed by atoms with Gasteiger partial charge in [-0.2, -0.15) is 4.99 Å². The van der Waals surface area contributed by atoms with Crippen LogP contribution in [-0.4, -0.2) is 5.96 Å². The summed E-state index contributed by atoms with van der Waals surface area (Å²) in [5, 5.41) is 0. The molecular weight excluding hydrogens is 230 g/mol. The number of rotatable bonds is 2. The van der Waals surface area contributed by atoms with E-state index >= 15 is 0 Å². The summed E-state index contributed by atoms with van der Waals surface area (Å²) in [5.74, 6) is 0.373. The number of quaternary nitrogens is 1. The minimum atomic E-state index is 0.373. The largest absolute Gasteiger partial charge is 0.480 e. The van der Waals surface area contributed by atoms with Gasteiger partial charge >= 0.3 is 0 Å². The van der Waals surface area contributed by atoms with E-state index in [9.17, 15) is 0 Å². The topological polar surface area (TPSA) is 42.8 Å². The molecule has 0 saturated heterocycles. The molecule has 0 bridgehead atoms. The third kappa shape index (κ3) is 3.09. The maximum absolute atomic E-state index is 5.89. The maximum atomic E-state index is 5.89. The maximum Gasteiger partial charge on any atom is 0.285 e. The number of para-hydroxylation sites is 2. The lowest BCUT2D eigenvalue weighted by atomic mass is 10.3. The lowest BCUT2D eigenvalue weighted by Crippen LogP contribution is -3.07. The van der Waals surface area contributed by atoms with Crippen LogP contribution in [0.15, 0.2) is 65.7 Å². The van der Waals surface area contributed by atoms with Gasteiger partial charge in [-0.3, -0.25) is 0 Å². The molecule has 0 aliphatic rings. The molecule has 0 spiro atoms. The average Bonchev–Trinajstić information content (AvgIpc) is 2.40. The summed E-state index contributed by atoms with van der Waals surface area (Å²) in [4.78, 5) is 4.29. The molecule has 0 aliphatic heterocycles. The van der Waals surface area contributed by atoms with Gasteiger partial charge in [0, 0.05) is 0 Å². The molecule has 0 fully saturated rings. The molecule has 0 amide bonds. The van der Waals surface area contributed by atoms with Crippen LogP contribution in [0.3, 0.4) is 0 Å². The van der Waals surface area contributed by atoms with E-state index in [1.165, 1.54) is 0 Å². The van der Waals surface area contributed by atoms with E-state index in [4.69, 9.17) is 18.5 Å². The first-order chi connectivity index (χ1) is 8.27. The van der Waals surface area contributed by atoms with Gasteiger partial charge in [-0.25, -0.2) is 0 Å². The van der Waals surface area contributed by atoms with Crippen LogP contribution in [-0.2, 0) is 12.8 Å². The smallest absolute Gasteiger partial charge is 0.285 e. The molecule has 0 heterocycles. The van der Waals surface area contributed by atoms with Crippen molar-refractivity contribution in [3.8, 4) is 0 Å². The third-order valence-corrected chi connectivity index (χ3v) is 2.72. The number of nitrogens with one attached hydrogen (secondary N) is 1. The van der Waals surface area contributed by atoms with Gasteiger partial charge in [-0.1, -0.05) is 36.4 Å². The van der Waals surface area contributed by atoms with Gasteiger partial charge in [0.1, 0.15) is 5.69 Å². The van der Waals surface area contributed by atoms with Crippen molar-refractivity contribution in [3.63, 3.8) is 0 Å². The highest BCUT2D eigenvalue weighted by atomic mass is 32.1. The normalized spacial score (nSPS) is 13.4. The molecule has 1 unspecified atom stereocenters. The Balaban J connectivity index is 2.21. The van der Waals surface area contributed by atoms with E-state index < -0.39 is 0 Å². The summed E-state index contributed by atoms with van der Waals surface area (Å²) < 4.78 is 0.578. The quantitative estimate of drug-likeness (QED) is 0.474. The van der Waals surface area contributed by atoms with Crippen LogP contribution < -0.4 is 10.0 Å². The Hall–Kier alpha value is -1.78. The highest BCUT2D eigenvalue weighted by Gasteiger charge is 2.04. The van der Waals surface area contributed by atoms with Crippen molar-refractivity contribution in [1.29, 1.82) is 0 Å². The second kappa shape index (κ2) is 5.52. The molecular formula is C13H13N3S. The number of hydrogen-bond donors (Lipinski definition) is 2. The van der Waals surface area contributed by atoms with Gasteiger partial charge in [0.25, 0.3) is 5.96 Å². The molecule has 1 atom stereocenters. The number of hydrogen-bond acceptors (Lipinski definition) is 2. The van der Waals surface area contributed by atoms with Crippen LogP contribution in [0.5, 0.6) is 0 Å². The van der Waals surface area contributed by atoms with Gasteiger partial charge in [0.05, 0.1) is 5.69 Å². The zero-order valence-corrected chi connectivity index (χ0v) is 10.0. The van der Waals surface area contributed by atoms with Crippen molar-refractivity contribution in [3.05, 3.63) is 60.7 Å². The van der Waals surface area contributed by atoms with Crippen LogP contribution in [0.4, 0.5) is 11.4 Å². The summed E-state index contributed by atoms with van der Waals surface area (Å²) in [6, 6.07) is 19.2. The van der Waals surface area contributed by atoms with Crippen molar-refractivity contribution in [1.82, 2.24) is 0 Å². The molecule has 3 N–H and O–H groups in total. The van der Waals surface area contributed by atoms with Crippen LogP contribution in [0.25, 0.3) is 0 Å². The third-order valence-electron chi connectivity index (χ3n) is 2.27.